The topological polar surface area (TPSA) is 66.8 Å². The Bertz CT molecular complexity index is 348. The number of aromatic carboxylic acids is 1. The number of halogens is 1. The van der Waals surface area contributed by atoms with Gasteiger partial charge in [0.15, 0.2) is 11.5 Å². The van der Waals surface area contributed by atoms with Gasteiger partial charge in [0.2, 0.25) is 0 Å². The van der Waals surface area contributed by atoms with Crippen LogP contribution >= 0.6 is 15.9 Å². The van der Waals surface area contributed by atoms with Crippen LogP contribution in [-0.2, 0) is 0 Å². The van der Waals surface area contributed by atoms with Crippen molar-refractivity contribution in [2.24, 2.45) is 0 Å². The number of hydrogen-bond donors (Lipinski definition) is 2. The van der Waals surface area contributed by atoms with Crippen LogP contribution in [-0.4, -0.2) is 23.3 Å². The first kappa shape index (κ1) is 9.85. The molecule has 0 aromatic heterocycles. The Hall–Kier alpha value is -1.23. The summed E-state index contributed by atoms with van der Waals surface area (Å²) in [5.41, 5.74) is -0.189. The van der Waals surface area contributed by atoms with Crippen molar-refractivity contribution in [3.63, 3.8) is 0 Å². The molecule has 13 heavy (non-hydrogen) atoms. The average Bonchev–Trinajstić information content (AvgIpc) is 2.08. The van der Waals surface area contributed by atoms with Crippen molar-refractivity contribution in [3.8, 4) is 11.5 Å². The minimum Gasteiger partial charge on any atom is -0.504 e. The van der Waals surface area contributed by atoms with Gasteiger partial charge in [0, 0.05) is 4.47 Å². The Morgan fingerprint density at radius 3 is 2.62 bits per heavy atom. The van der Waals surface area contributed by atoms with Crippen molar-refractivity contribution < 1.29 is 19.7 Å². The van der Waals surface area contributed by atoms with E-state index >= 15 is 0 Å². The number of carboxylic acid groups (broad SMARTS) is 1. The summed E-state index contributed by atoms with van der Waals surface area (Å²) in [6, 6.07) is 2.79. The maximum Gasteiger partial charge on any atom is 0.339 e. The predicted octanol–water partition coefficient (Wildman–Crippen LogP) is 1.86. The van der Waals surface area contributed by atoms with Crippen molar-refractivity contribution in [2.45, 2.75) is 0 Å². The Morgan fingerprint density at radius 1 is 1.54 bits per heavy atom. The normalized spacial score (nSPS) is 9.69. The maximum atomic E-state index is 10.6. The van der Waals surface area contributed by atoms with E-state index in [4.69, 9.17) is 9.84 Å². The smallest absolute Gasteiger partial charge is 0.339 e. The fourth-order valence-corrected chi connectivity index (χ4v) is 1.33. The largest absolute Gasteiger partial charge is 0.504 e. The first-order valence-electron chi connectivity index (χ1n) is 3.36. The third-order valence-electron chi connectivity index (χ3n) is 1.49. The molecule has 0 spiro atoms. The summed E-state index contributed by atoms with van der Waals surface area (Å²) >= 11 is 3.10. The number of carboxylic acids is 1. The fourth-order valence-electron chi connectivity index (χ4n) is 0.893. The van der Waals surface area contributed by atoms with Crippen LogP contribution in [0.5, 0.6) is 11.5 Å². The zero-order chi connectivity index (χ0) is 10.0. The molecule has 4 nitrogen and oxygen atoms in total. The highest BCUT2D eigenvalue weighted by Gasteiger charge is 2.14. The van der Waals surface area contributed by atoms with E-state index in [1.54, 1.807) is 0 Å². The van der Waals surface area contributed by atoms with Crippen molar-refractivity contribution in [2.75, 3.05) is 7.11 Å². The Morgan fingerprint density at radius 2 is 2.15 bits per heavy atom. The van der Waals surface area contributed by atoms with Crippen LogP contribution in [0.2, 0.25) is 0 Å². The van der Waals surface area contributed by atoms with Gasteiger partial charge in [0.25, 0.3) is 0 Å². The standard InChI is InChI=1S/C8H7BrO4/c1-13-6-3-4(9)2-5(7(6)10)8(11)12/h2-3,10H,1H3,(H,11,12). The lowest BCUT2D eigenvalue weighted by Crippen LogP contribution is -1.98. The van der Waals surface area contributed by atoms with Crippen LogP contribution in [0.25, 0.3) is 0 Å². The Labute approximate surface area is 82.9 Å². The number of phenols is 1. The van der Waals surface area contributed by atoms with E-state index in [1.807, 2.05) is 0 Å². The molecule has 1 rings (SSSR count). The van der Waals surface area contributed by atoms with Crippen molar-refractivity contribution >= 4 is 21.9 Å². The lowest BCUT2D eigenvalue weighted by atomic mass is 10.2. The molecule has 0 unspecified atom stereocenters. The highest BCUT2D eigenvalue weighted by atomic mass is 79.9. The molecule has 2 N–H and O–H groups in total. The van der Waals surface area contributed by atoms with Gasteiger partial charge in [-0.3, -0.25) is 0 Å². The zero-order valence-electron chi connectivity index (χ0n) is 6.74. The van der Waals surface area contributed by atoms with E-state index < -0.39 is 5.97 Å². The molecule has 0 aliphatic carbocycles. The second-order valence-corrected chi connectivity index (χ2v) is 3.23. The molecule has 0 saturated carbocycles. The number of ether oxygens (including phenoxy) is 1. The van der Waals surface area contributed by atoms with Crippen LogP contribution in [0.15, 0.2) is 16.6 Å². The first-order chi connectivity index (χ1) is 6.06. The molecule has 0 bridgehead atoms. The SMILES string of the molecule is COc1cc(Br)cc(C(=O)O)c1O. The highest BCUT2D eigenvalue weighted by Crippen LogP contribution is 2.33. The number of carbonyl (C=O) groups is 1. The first-order valence-corrected chi connectivity index (χ1v) is 4.15. The number of rotatable bonds is 2. The third-order valence-corrected chi connectivity index (χ3v) is 1.95. The zero-order valence-corrected chi connectivity index (χ0v) is 8.33. The summed E-state index contributed by atoms with van der Waals surface area (Å²) in [6.45, 7) is 0. The van der Waals surface area contributed by atoms with Crippen LogP contribution in [0, 0.1) is 0 Å². The van der Waals surface area contributed by atoms with E-state index in [1.165, 1.54) is 19.2 Å². The number of aromatic hydroxyl groups is 1. The molecule has 0 fully saturated rings. The van der Waals surface area contributed by atoms with Crippen LogP contribution in [0.4, 0.5) is 0 Å². The molecule has 0 atom stereocenters. The molecule has 70 valence electrons. The number of benzene rings is 1. The second kappa shape index (κ2) is 3.66. The molecule has 0 saturated heterocycles. The Kier molecular flexibility index (Phi) is 2.77. The third kappa shape index (κ3) is 1.92. The molecular formula is C8H7BrO4. The highest BCUT2D eigenvalue weighted by molar-refractivity contribution is 9.10. The van der Waals surface area contributed by atoms with Gasteiger partial charge >= 0.3 is 5.97 Å². The van der Waals surface area contributed by atoms with E-state index in [0.717, 1.165) is 0 Å². The van der Waals surface area contributed by atoms with Gasteiger partial charge in [-0.05, 0) is 12.1 Å². The molecule has 5 heteroatoms. The number of hydrogen-bond acceptors (Lipinski definition) is 3. The van der Waals surface area contributed by atoms with E-state index in [-0.39, 0.29) is 17.1 Å². The van der Waals surface area contributed by atoms with Gasteiger partial charge in [0.05, 0.1) is 7.11 Å². The summed E-state index contributed by atoms with van der Waals surface area (Å²) in [5.74, 6) is -1.43. The van der Waals surface area contributed by atoms with E-state index in [9.17, 15) is 9.90 Å². The molecule has 0 aliphatic rings. The summed E-state index contributed by atoms with van der Waals surface area (Å²) in [7, 11) is 1.35. The van der Waals surface area contributed by atoms with Gasteiger partial charge < -0.3 is 14.9 Å². The molecule has 0 radical (unpaired) electrons. The van der Waals surface area contributed by atoms with E-state index in [2.05, 4.69) is 15.9 Å². The molecule has 1 aromatic carbocycles. The van der Waals surface area contributed by atoms with Crippen molar-refractivity contribution in [3.05, 3.63) is 22.2 Å². The molecule has 1 aromatic rings. The van der Waals surface area contributed by atoms with E-state index in [0.29, 0.717) is 4.47 Å². The van der Waals surface area contributed by atoms with Crippen LogP contribution in [0.1, 0.15) is 10.4 Å². The quantitative estimate of drug-likeness (QED) is 0.836. The van der Waals surface area contributed by atoms with Crippen molar-refractivity contribution in [1.29, 1.82) is 0 Å². The minimum atomic E-state index is -1.20. The molecule has 0 heterocycles. The molecule has 0 aliphatic heterocycles. The predicted molar refractivity (Wildman–Crippen MR) is 49.3 cm³/mol. The van der Waals surface area contributed by atoms with Gasteiger partial charge in [0.1, 0.15) is 5.56 Å². The monoisotopic (exact) mass is 246 g/mol. The van der Waals surface area contributed by atoms with Crippen molar-refractivity contribution in [1.82, 2.24) is 0 Å². The molecule has 0 amide bonds. The summed E-state index contributed by atoms with van der Waals surface area (Å²) < 4.78 is 5.31. The van der Waals surface area contributed by atoms with Gasteiger partial charge in [-0.15, -0.1) is 0 Å². The fraction of sp³-hybridized carbons (Fsp3) is 0.125. The molecular weight excluding hydrogens is 240 g/mol. The van der Waals surface area contributed by atoms with Gasteiger partial charge in [-0.25, -0.2) is 4.79 Å². The van der Waals surface area contributed by atoms with Gasteiger partial charge in [-0.1, -0.05) is 15.9 Å². The lowest BCUT2D eigenvalue weighted by molar-refractivity contribution is 0.0693. The Balaban J connectivity index is 3.35. The lowest BCUT2D eigenvalue weighted by Gasteiger charge is -2.06. The maximum absolute atomic E-state index is 10.6. The van der Waals surface area contributed by atoms with Crippen LogP contribution < -0.4 is 4.74 Å². The number of methoxy groups -OCH3 is 1. The average molecular weight is 247 g/mol. The second-order valence-electron chi connectivity index (χ2n) is 2.31. The summed E-state index contributed by atoms with van der Waals surface area (Å²) in [5, 5.41) is 18.0. The van der Waals surface area contributed by atoms with Crippen LogP contribution in [0.3, 0.4) is 0 Å². The minimum absolute atomic E-state index is 0.131. The van der Waals surface area contributed by atoms with Gasteiger partial charge in [-0.2, -0.15) is 0 Å². The summed E-state index contributed by atoms with van der Waals surface area (Å²) in [4.78, 5) is 10.6. The summed E-state index contributed by atoms with van der Waals surface area (Å²) in [6.07, 6.45) is 0.